The largest absolute Gasteiger partial charge is 0.545 e. The van der Waals surface area contributed by atoms with Crippen molar-refractivity contribution >= 4 is 33.7 Å². The lowest BCUT2D eigenvalue weighted by atomic mass is 10.4. The Morgan fingerprint density at radius 2 is 0.700 bits per heavy atom. The summed E-state index contributed by atoms with van der Waals surface area (Å²) in [5, 5.41) is 20.6. The average Bonchev–Trinajstić information content (AvgIpc) is 3.92. The van der Waals surface area contributed by atoms with Gasteiger partial charge in [0.05, 0.1) is 33.7 Å². The molecule has 204 valence electrons. The Balaban J connectivity index is 0.000000148. The molecule has 0 saturated heterocycles. The lowest BCUT2D eigenvalue weighted by Gasteiger charge is -2.06. The van der Waals surface area contributed by atoms with Gasteiger partial charge < -0.3 is 19.8 Å². The molecule has 6 rings (SSSR count). The fourth-order valence-electron chi connectivity index (χ4n) is 4.05. The van der Waals surface area contributed by atoms with Crippen LogP contribution in [0.4, 0.5) is 0 Å². The Labute approximate surface area is 242 Å². The standard InChI is InChI=1S/2C15H15S.C4H4O4/c2*1-3-7-13(8-4-1)16(15-11-12-15)14-9-5-2-6-10-14;5-3(6)1-2-4(7)8/h2*1-10,15H,11-12H2;1-2H,(H,5,6)(H,7,8)/q2*+1;/p-2. The molecule has 2 aliphatic rings. The van der Waals surface area contributed by atoms with Gasteiger partial charge in [0.2, 0.25) is 0 Å². The van der Waals surface area contributed by atoms with Crippen molar-refractivity contribution in [3.8, 4) is 0 Å². The summed E-state index contributed by atoms with van der Waals surface area (Å²) in [5.41, 5.74) is 0. The van der Waals surface area contributed by atoms with Crippen molar-refractivity contribution in [2.75, 3.05) is 0 Å². The van der Waals surface area contributed by atoms with Gasteiger partial charge in [-0.2, -0.15) is 0 Å². The molecule has 0 unspecified atom stereocenters. The molecular formula is C34H32O4S2. The fourth-order valence-corrected chi connectivity index (χ4v) is 9.15. The summed E-state index contributed by atoms with van der Waals surface area (Å²) in [4.78, 5) is 24.8. The van der Waals surface area contributed by atoms with Crippen LogP contribution in [-0.4, -0.2) is 22.4 Å². The Kier molecular flexibility index (Phi) is 11.1. The Bertz CT molecular complexity index is 1170. The predicted octanol–water partition coefficient (Wildman–Crippen LogP) is 4.81. The molecule has 0 radical (unpaired) electrons. The van der Waals surface area contributed by atoms with Crippen molar-refractivity contribution in [3.63, 3.8) is 0 Å². The van der Waals surface area contributed by atoms with Gasteiger partial charge in [-0.25, -0.2) is 0 Å². The van der Waals surface area contributed by atoms with Crippen molar-refractivity contribution < 1.29 is 19.8 Å². The fraction of sp³-hybridized carbons (Fsp3) is 0.176. The first kappa shape index (κ1) is 29.2. The van der Waals surface area contributed by atoms with Crippen molar-refractivity contribution in [1.29, 1.82) is 0 Å². The highest BCUT2D eigenvalue weighted by Crippen LogP contribution is 2.40. The molecule has 0 bridgehead atoms. The number of benzene rings is 4. The molecule has 0 N–H and O–H groups in total. The maximum absolute atomic E-state index is 9.41. The minimum atomic E-state index is -1.55. The summed E-state index contributed by atoms with van der Waals surface area (Å²) in [6.07, 6.45) is 6.35. The second-order valence-electron chi connectivity index (χ2n) is 9.30. The van der Waals surface area contributed by atoms with E-state index in [4.69, 9.17) is 0 Å². The quantitative estimate of drug-likeness (QED) is 0.226. The van der Waals surface area contributed by atoms with E-state index < -0.39 is 11.9 Å². The van der Waals surface area contributed by atoms with Gasteiger partial charge in [0.15, 0.2) is 19.6 Å². The molecule has 0 heterocycles. The number of aliphatic carboxylic acids is 2. The lowest BCUT2D eigenvalue weighted by molar-refractivity contribution is -0.301. The first-order valence-corrected chi connectivity index (χ1v) is 15.9. The SMILES string of the molecule is O=C([O-])C=CC(=O)[O-].c1ccc([S+](c2ccccc2)C2CC2)cc1.c1ccc([S+](c2ccccc2)C2CC2)cc1. The Morgan fingerprint density at radius 1 is 0.475 bits per heavy atom. The summed E-state index contributed by atoms with van der Waals surface area (Å²) in [5.74, 6) is -3.09. The third kappa shape index (κ3) is 9.47. The molecule has 4 aromatic rings. The van der Waals surface area contributed by atoms with Crippen molar-refractivity contribution in [2.45, 2.75) is 55.8 Å². The number of carboxylic acids is 2. The molecule has 6 heteroatoms. The van der Waals surface area contributed by atoms with Crippen LogP contribution >= 0.6 is 0 Å². The van der Waals surface area contributed by atoms with Gasteiger partial charge in [-0.3, -0.25) is 0 Å². The van der Waals surface area contributed by atoms with E-state index in [9.17, 15) is 19.8 Å². The number of carboxylic acid groups (broad SMARTS) is 2. The second kappa shape index (κ2) is 15.2. The van der Waals surface area contributed by atoms with Crippen molar-refractivity contribution in [2.24, 2.45) is 0 Å². The van der Waals surface area contributed by atoms with Crippen LogP contribution in [0, 0.1) is 0 Å². The van der Waals surface area contributed by atoms with Gasteiger partial charge in [0.25, 0.3) is 0 Å². The molecule has 4 aromatic carbocycles. The molecular weight excluding hydrogens is 537 g/mol. The van der Waals surface area contributed by atoms with E-state index in [-0.39, 0.29) is 0 Å². The lowest BCUT2D eigenvalue weighted by Crippen LogP contribution is -2.23. The zero-order valence-electron chi connectivity index (χ0n) is 22.1. The van der Waals surface area contributed by atoms with Gasteiger partial charge in [0, 0.05) is 25.7 Å². The number of carbonyl (C=O) groups excluding carboxylic acids is 2. The summed E-state index contributed by atoms with van der Waals surface area (Å²) < 4.78 is 0. The molecule has 2 aliphatic carbocycles. The van der Waals surface area contributed by atoms with E-state index in [1.165, 1.54) is 45.3 Å². The minimum Gasteiger partial charge on any atom is -0.545 e. The highest BCUT2D eigenvalue weighted by atomic mass is 32.2. The van der Waals surface area contributed by atoms with Crippen LogP contribution in [0.2, 0.25) is 0 Å². The highest BCUT2D eigenvalue weighted by molar-refractivity contribution is 7.98. The van der Waals surface area contributed by atoms with Crippen LogP contribution in [0.5, 0.6) is 0 Å². The molecule has 0 amide bonds. The first-order valence-electron chi connectivity index (χ1n) is 13.3. The molecule has 40 heavy (non-hydrogen) atoms. The molecule has 0 atom stereocenters. The maximum Gasteiger partial charge on any atom is 0.160 e. The van der Waals surface area contributed by atoms with Crippen molar-refractivity contribution in [3.05, 3.63) is 133 Å². The van der Waals surface area contributed by atoms with E-state index >= 15 is 0 Å². The number of hydrogen-bond donors (Lipinski definition) is 0. The third-order valence-corrected chi connectivity index (χ3v) is 11.5. The monoisotopic (exact) mass is 568 g/mol. The van der Waals surface area contributed by atoms with Crippen molar-refractivity contribution in [1.82, 2.24) is 0 Å². The molecule has 0 spiro atoms. The van der Waals surface area contributed by atoms with E-state index in [1.54, 1.807) is 0 Å². The highest BCUT2D eigenvalue weighted by Gasteiger charge is 2.44. The zero-order chi connectivity index (χ0) is 28.2. The average molecular weight is 569 g/mol. The summed E-state index contributed by atoms with van der Waals surface area (Å²) in [6, 6.07) is 43.8. The smallest absolute Gasteiger partial charge is 0.160 e. The first-order chi connectivity index (χ1) is 19.5. The van der Waals surface area contributed by atoms with Crippen LogP contribution in [0.15, 0.2) is 153 Å². The topological polar surface area (TPSA) is 80.3 Å². The van der Waals surface area contributed by atoms with Gasteiger partial charge >= 0.3 is 0 Å². The second-order valence-corrected chi connectivity index (χ2v) is 13.9. The van der Waals surface area contributed by atoms with E-state index in [1.807, 2.05) is 0 Å². The van der Waals surface area contributed by atoms with Gasteiger partial charge in [-0.15, -0.1) is 0 Å². The van der Waals surface area contributed by atoms with Gasteiger partial charge in [-0.05, 0) is 60.7 Å². The molecule has 2 saturated carbocycles. The van der Waals surface area contributed by atoms with Crippen LogP contribution < -0.4 is 10.2 Å². The number of rotatable bonds is 8. The van der Waals surface area contributed by atoms with E-state index in [0.29, 0.717) is 33.9 Å². The van der Waals surface area contributed by atoms with Crippen LogP contribution in [0.1, 0.15) is 25.7 Å². The Morgan fingerprint density at radius 3 is 0.875 bits per heavy atom. The molecule has 4 nitrogen and oxygen atoms in total. The molecule has 0 aromatic heterocycles. The van der Waals surface area contributed by atoms with Gasteiger partial charge in [-0.1, -0.05) is 72.8 Å². The molecule has 0 aliphatic heterocycles. The van der Waals surface area contributed by atoms with E-state index in [0.717, 1.165) is 10.5 Å². The van der Waals surface area contributed by atoms with Crippen LogP contribution in [-0.2, 0) is 31.4 Å². The number of carbonyl (C=O) groups is 2. The Hall–Kier alpha value is -3.74. The predicted molar refractivity (Wildman–Crippen MR) is 159 cm³/mol. The minimum absolute atomic E-state index is 0.308. The maximum atomic E-state index is 9.41. The van der Waals surface area contributed by atoms with Crippen LogP contribution in [0.3, 0.4) is 0 Å². The van der Waals surface area contributed by atoms with E-state index in [2.05, 4.69) is 121 Å². The number of hydrogen-bond acceptors (Lipinski definition) is 4. The normalized spacial score (nSPS) is 14.2. The zero-order valence-corrected chi connectivity index (χ0v) is 23.8. The van der Waals surface area contributed by atoms with Crippen LogP contribution in [0.25, 0.3) is 0 Å². The third-order valence-electron chi connectivity index (χ3n) is 6.06. The summed E-state index contributed by atoms with van der Waals surface area (Å²) >= 11 is 0. The van der Waals surface area contributed by atoms with Gasteiger partial charge in [0.1, 0.15) is 10.5 Å². The summed E-state index contributed by atoms with van der Waals surface area (Å²) in [6.45, 7) is 0. The molecule has 2 fully saturated rings. The summed E-state index contributed by atoms with van der Waals surface area (Å²) in [7, 11) is 0.616.